The van der Waals surface area contributed by atoms with Crippen molar-refractivity contribution in [2.24, 2.45) is 0 Å². The summed E-state index contributed by atoms with van der Waals surface area (Å²) in [6, 6.07) is 8.02. The Morgan fingerprint density at radius 3 is 2.71 bits per heavy atom. The van der Waals surface area contributed by atoms with Crippen LogP contribution in [0, 0.1) is 0 Å². The van der Waals surface area contributed by atoms with Gasteiger partial charge in [-0.1, -0.05) is 0 Å². The minimum Gasteiger partial charge on any atom is -0.490 e. The van der Waals surface area contributed by atoms with Crippen LogP contribution in [0.5, 0.6) is 11.5 Å². The molecule has 24 heavy (non-hydrogen) atoms. The molecule has 1 aliphatic heterocycles. The highest BCUT2D eigenvalue weighted by Gasteiger charge is 2.21. The van der Waals surface area contributed by atoms with E-state index in [0.29, 0.717) is 30.5 Å². The van der Waals surface area contributed by atoms with Gasteiger partial charge in [0.15, 0.2) is 11.5 Å². The number of fused-ring (bicyclic) bond motifs is 1. The molecule has 0 bridgehead atoms. The first-order valence-electron chi connectivity index (χ1n) is 7.55. The summed E-state index contributed by atoms with van der Waals surface area (Å²) in [4.78, 5) is 0.112. The van der Waals surface area contributed by atoms with Gasteiger partial charge >= 0.3 is 0 Å². The summed E-state index contributed by atoms with van der Waals surface area (Å²) in [7, 11) is -2.21. The largest absolute Gasteiger partial charge is 0.490 e. The Bertz CT molecular complexity index is 772. The van der Waals surface area contributed by atoms with E-state index >= 15 is 0 Å². The van der Waals surface area contributed by atoms with E-state index < -0.39 is 16.1 Å². The molecule has 2 aromatic rings. The van der Waals surface area contributed by atoms with Gasteiger partial charge in [0.2, 0.25) is 10.0 Å². The van der Waals surface area contributed by atoms with Crippen LogP contribution in [0.15, 0.2) is 45.9 Å². The molecule has 2 heterocycles. The number of benzene rings is 1. The van der Waals surface area contributed by atoms with Gasteiger partial charge in [0.1, 0.15) is 11.9 Å². The summed E-state index contributed by atoms with van der Waals surface area (Å²) in [6.45, 7) is 1.10. The fraction of sp³-hybridized carbons (Fsp3) is 0.375. The highest BCUT2D eigenvalue weighted by Crippen LogP contribution is 2.32. The van der Waals surface area contributed by atoms with Crippen molar-refractivity contribution in [2.45, 2.75) is 17.4 Å². The quantitative estimate of drug-likeness (QED) is 0.856. The predicted molar refractivity (Wildman–Crippen MR) is 85.7 cm³/mol. The molecule has 0 amide bonds. The maximum atomic E-state index is 12.5. The first-order valence-corrected chi connectivity index (χ1v) is 9.04. The molecule has 1 aromatic carbocycles. The smallest absolute Gasteiger partial charge is 0.240 e. The van der Waals surface area contributed by atoms with Crippen LogP contribution >= 0.6 is 0 Å². The molecular formula is C16H19NO6S. The molecule has 7 nitrogen and oxygen atoms in total. The average molecular weight is 353 g/mol. The number of nitrogens with one attached hydrogen (secondary N) is 1. The lowest BCUT2D eigenvalue weighted by molar-refractivity contribution is 0.0878. The number of sulfonamides is 1. The van der Waals surface area contributed by atoms with Crippen LogP contribution in [0.3, 0.4) is 0 Å². The second kappa shape index (κ2) is 7.25. The monoisotopic (exact) mass is 353 g/mol. The Morgan fingerprint density at radius 1 is 1.21 bits per heavy atom. The van der Waals surface area contributed by atoms with Crippen LogP contribution in [-0.2, 0) is 14.8 Å². The Labute approximate surface area is 140 Å². The standard InChI is InChI=1S/C16H19NO6S/c1-20-16(13-4-2-7-21-13)11-17-24(18,19)12-5-6-14-15(10-12)23-9-3-8-22-14/h2,4-7,10,16-17H,3,8-9,11H2,1H3. The van der Waals surface area contributed by atoms with Gasteiger partial charge in [0, 0.05) is 26.1 Å². The zero-order valence-electron chi connectivity index (χ0n) is 13.2. The van der Waals surface area contributed by atoms with Crippen molar-refractivity contribution in [3.63, 3.8) is 0 Å². The van der Waals surface area contributed by atoms with Crippen molar-refractivity contribution < 1.29 is 27.0 Å². The van der Waals surface area contributed by atoms with Crippen molar-refractivity contribution in [3.05, 3.63) is 42.4 Å². The van der Waals surface area contributed by atoms with Gasteiger partial charge in [-0.15, -0.1) is 0 Å². The second-order valence-corrected chi connectivity index (χ2v) is 7.02. The minimum absolute atomic E-state index is 0.0563. The zero-order chi connectivity index (χ0) is 17.0. The molecule has 0 saturated carbocycles. The SMILES string of the molecule is COC(CNS(=O)(=O)c1ccc2c(c1)OCCCO2)c1ccco1. The fourth-order valence-electron chi connectivity index (χ4n) is 2.35. The molecule has 8 heteroatoms. The van der Waals surface area contributed by atoms with E-state index in [4.69, 9.17) is 18.6 Å². The van der Waals surface area contributed by atoms with Gasteiger partial charge in [-0.05, 0) is 24.3 Å². The van der Waals surface area contributed by atoms with Crippen molar-refractivity contribution in [2.75, 3.05) is 26.9 Å². The van der Waals surface area contributed by atoms with Crippen molar-refractivity contribution >= 4 is 10.0 Å². The Morgan fingerprint density at radius 2 is 2.00 bits per heavy atom. The van der Waals surface area contributed by atoms with E-state index in [2.05, 4.69) is 4.72 Å². The predicted octanol–water partition coefficient (Wildman–Crippen LogP) is 2.11. The number of methoxy groups -OCH3 is 1. The van der Waals surface area contributed by atoms with Crippen LogP contribution < -0.4 is 14.2 Å². The second-order valence-electron chi connectivity index (χ2n) is 5.25. The van der Waals surface area contributed by atoms with Crippen LogP contribution in [0.2, 0.25) is 0 Å². The van der Waals surface area contributed by atoms with Crippen molar-refractivity contribution in [1.29, 1.82) is 0 Å². The fourth-order valence-corrected chi connectivity index (χ4v) is 3.40. The van der Waals surface area contributed by atoms with E-state index in [9.17, 15) is 8.42 Å². The van der Waals surface area contributed by atoms with E-state index in [1.165, 1.54) is 25.5 Å². The summed E-state index contributed by atoms with van der Waals surface area (Å²) < 4.78 is 49.1. The highest BCUT2D eigenvalue weighted by molar-refractivity contribution is 7.89. The third-order valence-electron chi connectivity index (χ3n) is 3.63. The first kappa shape index (κ1) is 16.8. The normalized spacial score (nSPS) is 15.7. The molecule has 0 aliphatic carbocycles. The number of ether oxygens (including phenoxy) is 3. The van der Waals surface area contributed by atoms with E-state index in [-0.39, 0.29) is 11.4 Å². The maximum absolute atomic E-state index is 12.5. The number of rotatable bonds is 6. The average Bonchev–Trinajstić information content (AvgIpc) is 3.00. The van der Waals surface area contributed by atoms with Gasteiger partial charge in [0.05, 0.1) is 24.4 Å². The summed E-state index contributed by atoms with van der Waals surface area (Å²) >= 11 is 0. The summed E-state index contributed by atoms with van der Waals surface area (Å²) in [5, 5.41) is 0. The molecule has 1 aliphatic rings. The molecule has 1 aromatic heterocycles. The summed E-state index contributed by atoms with van der Waals surface area (Å²) in [5.41, 5.74) is 0. The third kappa shape index (κ3) is 3.72. The lowest BCUT2D eigenvalue weighted by Crippen LogP contribution is -2.29. The van der Waals surface area contributed by atoms with Crippen LogP contribution in [0.1, 0.15) is 18.3 Å². The number of furan rings is 1. The third-order valence-corrected chi connectivity index (χ3v) is 5.05. The van der Waals surface area contributed by atoms with E-state index in [1.807, 2.05) is 0 Å². The Kier molecular flexibility index (Phi) is 5.08. The zero-order valence-corrected chi connectivity index (χ0v) is 14.0. The molecule has 1 unspecified atom stereocenters. The lowest BCUT2D eigenvalue weighted by atomic mass is 10.3. The van der Waals surface area contributed by atoms with Gasteiger partial charge in [-0.2, -0.15) is 0 Å². The molecule has 3 rings (SSSR count). The molecule has 1 atom stereocenters. The van der Waals surface area contributed by atoms with Crippen LogP contribution in [0.25, 0.3) is 0 Å². The van der Waals surface area contributed by atoms with Crippen molar-refractivity contribution in [1.82, 2.24) is 4.72 Å². The van der Waals surface area contributed by atoms with Gasteiger partial charge in [-0.3, -0.25) is 0 Å². The molecule has 0 fully saturated rings. The van der Waals surface area contributed by atoms with Crippen LogP contribution in [-0.4, -0.2) is 35.3 Å². The number of hydrogen-bond acceptors (Lipinski definition) is 6. The van der Waals surface area contributed by atoms with Crippen molar-refractivity contribution in [3.8, 4) is 11.5 Å². The molecule has 130 valence electrons. The summed E-state index contributed by atoms with van der Waals surface area (Å²) in [5.74, 6) is 1.54. The topological polar surface area (TPSA) is 87.0 Å². The Hall–Kier alpha value is -2.03. The summed E-state index contributed by atoms with van der Waals surface area (Å²) in [6.07, 6.45) is 1.77. The molecule has 1 N–H and O–H groups in total. The lowest BCUT2D eigenvalue weighted by Gasteiger charge is -2.15. The Balaban J connectivity index is 1.74. The van der Waals surface area contributed by atoms with Crippen LogP contribution in [0.4, 0.5) is 0 Å². The van der Waals surface area contributed by atoms with Gasteiger partial charge in [0.25, 0.3) is 0 Å². The molecule has 0 spiro atoms. The molecule has 0 radical (unpaired) electrons. The molecule has 0 saturated heterocycles. The van der Waals surface area contributed by atoms with Gasteiger partial charge in [-0.25, -0.2) is 13.1 Å². The van der Waals surface area contributed by atoms with E-state index in [0.717, 1.165) is 6.42 Å². The maximum Gasteiger partial charge on any atom is 0.240 e. The van der Waals surface area contributed by atoms with Gasteiger partial charge < -0.3 is 18.6 Å². The highest BCUT2D eigenvalue weighted by atomic mass is 32.2. The number of hydrogen-bond donors (Lipinski definition) is 1. The minimum atomic E-state index is -3.71. The van der Waals surface area contributed by atoms with E-state index in [1.54, 1.807) is 18.2 Å². The first-order chi connectivity index (χ1) is 11.6. The molecular weight excluding hydrogens is 334 g/mol.